The Kier molecular flexibility index (Phi) is 5.16. The lowest BCUT2D eigenvalue weighted by Gasteiger charge is -2.24. The van der Waals surface area contributed by atoms with E-state index < -0.39 is 0 Å². The summed E-state index contributed by atoms with van der Waals surface area (Å²) in [5.41, 5.74) is 8.00. The largest absolute Gasteiger partial charge is 0.320 e. The average Bonchev–Trinajstić information content (AvgIpc) is 2.32. The van der Waals surface area contributed by atoms with Crippen molar-refractivity contribution in [1.82, 2.24) is 0 Å². The molecule has 94 valence electrons. The molecule has 0 aromatic heterocycles. The number of likely N-dealkylation sites (N-methyl/N-ethyl adjacent to an activating group) is 1. The predicted octanol–water partition coefficient (Wildman–Crippen LogP) is 2.48. The molecule has 0 aliphatic rings. The molecule has 3 nitrogen and oxygen atoms in total. The van der Waals surface area contributed by atoms with Crippen LogP contribution >= 0.6 is 0 Å². The van der Waals surface area contributed by atoms with E-state index in [9.17, 15) is 4.79 Å². The SMILES string of the molecule is CCC[C@@H](N)C(=O)N(CC)c1ccc(C)cc1. The number of benzene rings is 1. The van der Waals surface area contributed by atoms with Crippen LogP contribution in [0, 0.1) is 6.92 Å². The lowest BCUT2D eigenvalue weighted by atomic mass is 10.1. The van der Waals surface area contributed by atoms with Crippen molar-refractivity contribution in [3.8, 4) is 0 Å². The van der Waals surface area contributed by atoms with E-state index in [1.165, 1.54) is 5.56 Å². The van der Waals surface area contributed by atoms with E-state index in [1.54, 1.807) is 4.90 Å². The highest BCUT2D eigenvalue weighted by molar-refractivity contribution is 5.96. The smallest absolute Gasteiger partial charge is 0.243 e. The lowest BCUT2D eigenvalue weighted by Crippen LogP contribution is -2.43. The Labute approximate surface area is 104 Å². The van der Waals surface area contributed by atoms with Gasteiger partial charge in [0.2, 0.25) is 5.91 Å². The molecule has 3 heteroatoms. The summed E-state index contributed by atoms with van der Waals surface area (Å²) in [7, 11) is 0. The fraction of sp³-hybridized carbons (Fsp3) is 0.500. The first kappa shape index (κ1) is 13.7. The van der Waals surface area contributed by atoms with Gasteiger partial charge in [-0.15, -0.1) is 0 Å². The van der Waals surface area contributed by atoms with Gasteiger partial charge in [0.25, 0.3) is 0 Å². The Morgan fingerprint density at radius 1 is 1.29 bits per heavy atom. The molecule has 0 unspecified atom stereocenters. The highest BCUT2D eigenvalue weighted by Gasteiger charge is 2.20. The van der Waals surface area contributed by atoms with Gasteiger partial charge in [0.1, 0.15) is 0 Å². The van der Waals surface area contributed by atoms with Crippen LogP contribution in [0.5, 0.6) is 0 Å². The highest BCUT2D eigenvalue weighted by Crippen LogP contribution is 2.16. The van der Waals surface area contributed by atoms with E-state index in [1.807, 2.05) is 45.0 Å². The number of carbonyl (C=O) groups excluding carboxylic acids is 1. The predicted molar refractivity (Wildman–Crippen MR) is 72.1 cm³/mol. The van der Waals surface area contributed by atoms with Gasteiger partial charge in [0, 0.05) is 12.2 Å². The first-order valence-corrected chi connectivity index (χ1v) is 6.23. The Morgan fingerprint density at radius 3 is 2.35 bits per heavy atom. The van der Waals surface area contributed by atoms with Crippen molar-refractivity contribution in [3.05, 3.63) is 29.8 Å². The summed E-state index contributed by atoms with van der Waals surface area (Å²) in [6, 6.07) is 7.57. The molecule has 17 heavy (non-hydrogen) atoms. The molecule has 0 bridgehead atoms. The first-order valence-electron chi connectivity index (χ1n) is 6.23. The molecule has 0 radical (unpaired) electrons. The molecular weight excluding hydrogens is 212 g/mol. The Bertz CT molecular complexity index is 359. The van der Waals surface area contributed by atoms with Crippen molar-refractivity contribution in [2.24, 2.45) is 5.73 Å². The summed E-state index contributed by atoms with van der Waals surface area (Å²) in [5, 5.41) is 0. The lowest BCUT2D eigenvalue weighted by molar-refractivity contribution is -0.119. The first-order chi connectivity index (χ1) is 8.10. The van der Waals surface area contributed by atoms with E-state index >= 15 is 0 Å². The number of carbonyl (C=O) groups is 1. The summed E-state index contributed by atoms with van der Waals surface area (Å²) in [5.74, 6) is 0.0122. The van der Waals surface area contributed by atoms with Crippen LogP contribution in [0.4, 0.5) is 5.69 Å². The summed E-state index contributed by atoms with van der Waals surface area (Å²) >= 11 is 0. The molecule has 0 saturated carbocycles. The van der Waals surface area contributed by atoms with Gasteiger partial charge < -0.3 is 10.6 Å². The topological polar surface area (TPSA) is 46.3 Å². The second-order valence-electron chi connectivity index (χ2n) is 4.31. The number of hydrogen-bond donors (Lipinski definition) is 1. The Morgan fingerprint density at radius 2 is 1.88 bits per heavy atom. The molecule has 1 aromatic carbocycles. The van der Waals surface area contributed by atoms with Gasteiger partial charge in [0.15, 0.2) is 0 Å². The van der Waals surface area contributed by atoms with Crippen molar-refractivity contribution in [3.63, 3.8) is 0 Å². The Balaban J connectivity index is 2.84. The van der Waals surface area contributed by atoms with Gasteiger partial charge >= 0.3 is 0 Å². The molecule has 0 heterocycles. The van der Waals surface area contributed by atoms with Gasteiger partial charge in [-0.2, -0.15) is 0 Å². The minimum Gasteiger partial charge on any atom is -0.320 e. The van der Waals surface area contributed by atoms with Crippen LogP contribution in [0.1, 0.15) is 32.3 Å². The van der Waals surface area contributed by atoms with Crippen molar-refractivity contribution >= 4 is 11.6 Å². The number of amides is 1. The third-order valence-corrected chi connectivity index (χ3v) is 2.84. The number of aryl methyl sites for hydroxylation is 1. The van der Waals surface area contributed by atoms with E-state index in [-0.39, 0.29) is 11.9 Å². The van der Waals surface area contributed by atoms with Crippen molar-refractivity contribution in [2.75, 3.05) is 11.4 Å². The van der Waals surface area contributed by atoms with Crippen molar-refractivity contribution in [1.29, 1.82) is 0 Å². The molecular formula is C14H22N2O. The van der Waals surface area contributed by atoms with Crippen LogP contribution in [0.15, 0.2) is 24.3 Å². The molecule has 0 spiro atoms. The molecule has 1 rings (SSSR count). The summed E-state index contributed by atoms with van der Waals surface area (Å²) in [6.07, 6.45) is 1.67. The van der Waals surface area contributed by atoms with Gasteiger partial charge in [-0.05, 0) is 32.4 Å². The quantitative estimate of drug-likeness (QED) is 0.850. The van der Waals surface area contributed by atoms with Gasteiger partial charge in [0.05, 0.1) is 6.04 Å². The normalized spacial score (nSPS) is 12.2. The van der Waals surface area contributed by atoms with E-state index in [0.29, 0.717) is 6.54 Å². The number of rotatable bonds is 5. The third kappa shape index (κ3) is 3.56. The van der Waals surface area contributed by atoms with Crippen LogP contribution in [0.2, 0.25) is 0 Å². The third-order valence-electron chi connectivity index (χ3n) is 2.84. The number of anilines is 1. The fourth-order valence-electron chi connectivity index (χ4n) is 1.83. The number of hydrogen-bond acceptors (Lipinski definition) is 2. The van der Waals surface area contributed by atoms with E-state index in [0.717, 1.165) is 18.5 Å². The minimum atomic E-state index is -0.388. The monoisotopic (exact) mass is 234 g/mol. The maximum absolute atomic E-state index is 12.2. The standard InChI is InChI=1S/C14H22N2O/c1-4-6-13(15)14(17)16(5-2)12-9-7-11(3)8-10-12/h7-10,13H,4-6,15H2,1-3H3/t13-/m1/s1. The molecule has 1 aromatic rings. The van der Waals surface area contributed by atoms with Crippen LogP contribution in [-0.4, -0.2) is 18.5 Å². The van der Waals surface area contributed by atoms with Crippen LogP contribution in [0.25, 0.3) is 0 Å². The second kappa shape index (κ2) is 6.40. The molecule has 0 aliphatic carbocycles. The van der Waals surface area contributed by atoms with Gasteiger partial charge in [-0.25, -0.2) is 0 Å². The molecule has 0 fully saturated rings. The van der Waals surface area contributed by atoms with Crippen LogP contribution < -0.4 is 10.6 Å². The number of nitrogens with two attached hydrogens (primary N) is 1. The van der Waals surface area contributed by atoms with E-state index in [2.05, 4.69) is 0 Å². The van der Waals surface area contributed by atoms with Gasteiger partial charge in [-0.1, -0.05) is 31.0 Å². The molecule has 2 N–H and O–H groups in total. The maximum atomic E-state index is 12.2. The summed E-state index contributed by atoms with van der Waals surface area (Å²) in [6.45, 7) is 6.69. The summed E-state index contributed by atoms with van der Waals surface area (Å²) in [4.78, 5) is 13.9. The molecule has 1 amide bonds. The molecule has 0 aliphatic heterocycles. The molecule has 1 atom stereocenters. The zero-order valence-corrected chi connectivity index (χ0v) is 10.9. The van der Waals surface area contributed by atoms with Crippen molar-refractivity contribution in [2.45, 2.75) is 39.7 Å². The fourth-order valence-corrected chi connectivity index (χ4v) is 1.83. The van der Waals surface area contributed by atoms with E-state index in [4.69, 9.17) is 5.73 Å². The average molecular weight is 234 g/mol. The minimum absolute atomic E-state index is 0.0122. The number of nitrogens with zero attached hydrogens (tertiary/aromatic N) is 1. The van der Waals surface area contributed by atoms with Crippen LogP contribution in [-0.2, 0) is 4.79 Å². The summed E-state index contributed by atoms with van der Waals surface area (Å²) < 4.78 is 0. The highest BCUT2D eigenvalue weighted by atomic mass is 16.2. The Hall–Kier alpha value is -1.35. The second-order valence-corrected chi connectivity index (χ2v) is 4.31. The maximum Gasteiger partial charge on any atom is 0.243 e. The van der Waals surface area contributed by atoms with Crippen molar-refractivity contribution < 1.29 is 4.79 Å². The molecule has 0 saturated heterocycles. The zero-order valence-electron chi connectivity index (χ0n) is 10.9. The zero-order chi connectivity index (χ0) is 12.8. The van der Waals surface area contributed by atoms with Crippen LogP contribution in [0.3, 0.4) is 0 Å². The van der Waals surface area contributed by atoms with Gasteiger partial charge in [-0.3, -0.25) is 4.79 Å².